The van der Waals surface area contributed by atoms with Crippen molar-refractivity contribution >= 4 is 23.9 Å². The van der Waals surface area contributed by atoms with E-state index in [4.69, 9.17) is 15.2 Å². The van der Waals surface area contributed by atoms with Crippen LogP contribution in [0.15, 0.2) is 60.7 Å². The average Bonchev–Trinajstić information content (AvgIpc) is 2.80. The molecular weight excluding hydrogens is 426 g/mol. The molecule has 0 fully saturated rings. The van der Waals surface area contributed by atoms with Gasteiger partial charge in [0.25, 0.3) is 0 Å². The summed E-state index contributed by atoms with van der Waals surface area (Å²) in [7, 11) is 0. The first kappa shape index (κ1) is 25.4. The van der Waals surface area contributed by atoms with E-state index in [2.05, 4.69) is 10.6 Å². The van der Waals surface area contributed by atoms with Gasteiger partial charge < -0.3 is 25.8 Å². The number of nitrogens with one attached hydrogen (secondary N) is 2. The Bertz CT molecular complexity index is 934. The van der Waals surface area contributed by atoms with Crippen LogP contribution in [0, 0.1) is 5.92 Å². The van der Waals surface area contributed by atoms with E-state index in [0.717, 1.165) is 11.1 Å². The van der Waals surface area contributed by atoms with Crippen molar-refractivity contribution in [2.75, 3.05) is 0 Å². The first-order valence-electron chi connectivity index (χ1n) is 10.5. The van der Waals surface area contributed by atoms with Crippen LogP contribution in [0.3, 0.4) is 0 Å². The molecule has 0 heterocycles. The molecule has 0 aliphatic carbocycles. The number of carbonyl (C=O) groups is 4. The van der Waals surface area contributed by atoms with Crippen LogP contribution in [0.1, 0.15) is 31.4 Å². The van der Waals surface area contributed by atoms with Gasteiger partial charge in [-0.15, -0.1) is 0 Å². The number of hydrogen-bond acceptors (Lipinski definition) is 6. The van der Waals surface area contributed by atoms with Crippen LogP contribution in [0.25, 0.3) is 0 Å². The van der Waals surface area contributed by atoms with Gasteiger partial charge in [0, 0.05) is 0 Å². The van der Waals surface area contributed by atoms with Crippen molar-refractivity contribution in [1.82, 2.24) is 10.6 Å². The van der Waals surface area contributed by atoms with Gasteiger partial charge in [-0.1, -0.05) is 74.5 Å². The number of hydrogen-bond donors (Lipinski definition) is 3. The van der Waals surface area contributed by atoms with E-state index in [1.54, 1.807) is 50.2 Å². The Hall–Kier alpha value is -3.88. The Balaban J connectivity index is 1.89. The Morgan fingerprint density at radius 2 is 1.33 bits per heavy atom. The zero-order valence-electron chi connectivity index (χ0n) is 18.7. The highest BCUT2D eigenvalue weighted by atomic mass is 16.5. The molecule has 0 aliphatic heterocycles. The number of benzene rings is 2. The summed E-state index contributed by atoms with van der Waals surface area (Å²) >= 11 is 0. The van der Waals surface area contributed by atoms with E-state index >= 15 is 0 Å². The molecule has 2 aromatic carbocycles. The normalized spacial score (nSPS) is 12.3. The minimum atomic E-state index is -1.29. The van der Waals surface area contributed by atoms with Crippen LogP contribution in [-0.4, -0.2) is 36.0 Å². The van der Waals surface area contributed by atoms with Gasteiger partial charge in [0.05, 0.1) is 6.42 Å². The van der Waals surface area contributed by atoms with Crippen LogP contribution in [0.5, 0.6) is 0 Å². The molecule has 0 saturated carbocycles. The second-order valence-corrected chi connectivity index (χ2v) is 7.74. The zero-order valence-corrected chi connectivity index (χ0v) is 18.7. The number of ether oxygens (including phenoxy) is 2. The molecule has 0 saturated heterocycles. The van der Waals surface area contributed by atoms with Crippen molar-refractivity contribution in [2.24, 2.45) is 11.7 Å². The molecule has 3 amide bonds. The van der Waals surface area contributed by atoms with Crippen LogP contribution >= 0.6 is 0 Å². The maximum absolute atomic E-state index is 12.7. The summed E-state index contributed by atoms with van der Waals surface area (Å²) in [6.07, 6.45) is -1.22. The fourth-order valence-electron chi connectivity index (χ4n) is 2.87. The lowest BCUT2D eigenvalue weighted by atomic mass is 10.0. The maximum Gasteiger partial charge on any atom is 0.408 e. The third kappa shape index (κ3) is 9.02. The van der Waals surface area contributed by atoms with Gasteiger partial charge in [-0.3, -0.25) is 14.4 Å². The summed E-state index contributed by atoms with van der Waals surface area (Å²) in [4.78, 5) is 48.9. The van der Waals surface area contributed by atoms with Gasteiger partial charge in [-0.25, -0.2) is 4.79 Å². The number of primary amides is 1. The molecule has 2 atom stereocenters. The summed E-state index contributed by atoms with van der Waals surface area (Å²) < 4.78 is 10.3. The molecule has 0 aliphatic rings. The van der Waals surface area contributed by atoms with Gasteiger partial charge in [0.2, 0.25) is 11.8 Å². The molecule has 0 spiro atoms. The smallest absolute Gasteiger partial charge is 0.408 e. The minimum absolute atomic E-state index is 0.0303. The number of carbonyl (C=O) groups excluding carboxylic acids is 4. The lowest BCUT2D eigenvalue weighted by molar-refractivity contribution is -0.147. The monoisotopic (exact) mass is 455 g/mol. The number of amides is 3. The van der Waals surface area contributed by atoms with Crippen molar-refractivity contribution < 1.29 is 28.7 Å². The van der Waals surface area contributed by atoms with Crippen LogP contribution in [0.2, 0.25) is 0 Å². The average molecular weight is 456 g/mol. The van der Waals surface area contributed by atoms with Crippen molar-refractivity contribution in [3.63, 3.8) is 0 Å². The van der Waals surface area contributed by atoms with Crippen molar-refractivity contribution in [3.05, 3.63) is 71.8 Å². The second-order valence-electron chi connectivity index (χ2n) is 7.74. The topological polar surface area (TPSA) is 137 Å². The SMILES string of the molecule is CC(C)[C@H](NC(=O)OCc1ccccc1)C(=O)N[C@H](CC(=O)OCc1ccccc1)C(N)=O. The summed E-state index contributed by atoms with van der Waals surface area (Å²) in [5.41, 5.74) is 6.93. The van der Waals surface area contributed by atoms with Crippen molar-refractivity contribution in [3.8, 4) is 0 Å². The van der Waals surface area contributed by atoms with E-state index in [-0.39, 0.29) is 19.1 Å². The van der Waals surface area contributed by atoms with E-state index in [0.29, 0.717) is 0 Å². The van der Waals surface area contributed by atoms with Gasteiger partial charge >= 0.3 is 12.1 Å². The molecule has 33 heavy (non-hydrogen) atoms. The lowest BCUT2D eigenvalue weighted by Crippen LogP contribution is -2.55. The van der Waals surface area contributed by atoms with E-state index < -0.39 is 42.4 Å². The molecule has 2 aromatic rings. The largest absolute Gasteiger partial charge is 0.461 e. The highest BCUT2D eigenvalue weighted by Gasteiger charge is 2.30. The second kappa shape index (κ2) is 12.8. The molecule has 4 N–H and O–H groups in total. The van der Waals surface area contributed by atoms with E-state index in [9.17, 15) is 19.2 Å². The molecule has 9 heteroatoms. The minimum Gasteiger partial charge on any atom is -0.461 e. The third-order valence-corrected chi connectivity index (χ3v) is 4.71. The zero-order chi connectivity index (χ0) is 24.2. The van der Waals surface area contributed by atoms with Gasteiger partial charge in [-0.05, 0) is 17.0 Å². The highest BCUT2D eigenvalue weighted by Crippen LogP contribution is 2.07. The molecule has 2 rings (SSSR count). The van der Waals surface area contributed by atoms with Crippen molar-refractivity contribution in [1.29, 1.82) is 0 Å². The summed E-state index contributed by atoms with van der Waals surface area (Å²) in [6, 6.07) is 15.8. The number of rotatable bonds is 11. The van der Waals surface area contributed by atoms with Gasteiger partial charge in [0.15, 0.2) is 0 Å². The number of nitrogens with two attached hydrogens (primary N) is 1. The Labute approximate surface area is 192 Å². The summed E-state index contributed by atoms with van der Waals surface area (Å²) in [5, 5.41) is 4.91. The predicted molar refractivity (Wildman–Crippen MR) is 120 cm³/mol. The molecule has 0 radical (unpaired) electrons. The van der Waals surface area contributed by atoms with Gasteiger partial charge in [0.1, 0.15) is 25.3 Å². The van der Waals surface area contributed by atoms with Crippen LogP contribution in [-0.2, 0) is 37.1 Å². The quantitative estimate of drug-likeness (QED) is 0.444. The maximum atomic E-state index is 12.7. The van der Waals surface area contributed by atoms with E-state index in [1.165, 1.54) is 0 Å². The molecule has 0 aromatic heterocycles. The molecule has 0 bridgehead atoms. The van der Waals surface area contributed by atoms with Gasteiger partial charge in [-0.2, -0.15) is 0 Å². The predicted octanol–water partition coefficient (Wildman–Crippen LogP) is 2.04. The van der Waals surface area contributed by atoms with E-state index in [1.807, 2.05) is 24.3 Å². The lowest BCUT2D eigenvalue weighted by Gasteiger charge is -2.24. The Morgan fingerprint density at radius 1 is 0.818 bits per heavy atom. The Morgan fingerprint density at radius 3 is 1.82 bits per heavy atom. The Kier molecular flexibility index (Phi) is 9.88. The summed E-state index contributed by atoms with van der Waals surface area (Å²) in [6.45, 7) is 3.50. The molecular formula is C24H29N3O6. The van der Waals surface area contributed by atoms with Crippen LogP contribution in [0.4, 0.5) is 4.79 Å². The first-order chi connectivity index (χ1) is 15.8. The fraction of sp³-hybridized carbons (Fsp3) is 0.333. The highest BCUT2D eigenvalue weighted by molar-refractivity contribution is 5.92. The molecule has 176 valence electrons. The van der Waals surface area contributed by atoms with Crippen LogP contribution < -0.4 is 16.4 Å². The standard InChI is InChI=1S/C24H29N3O6/c1-16(2)21(27-24(31)33-15-18-11-7-4-8-12-18)23(30)26-19(22(25)29)13-20(28)32-14-17-9-5-3-6-10-17/h3-12,16,19,21H,13-15H2,1-2H3,(H2,25,29)(H,26,30)(H,27,31)/t19-,21+/m1/s1. The third-order valence-electron chi connectivity index (χ3n) is 4.71. The first-order valence-corrected chi connectivity index (χ1v) is 10.5. The molecule has 0 unspecified atom stereocenters. The summed E-state index contributed by atoms with van der Waals surface area (Å²) in [5.74, 6) is -2.58. The fourth-order valence-corrected chi connectivity index (χ4v) is 2.87. The van der Waals surface area contributed by atoms with Crippen molar-refractivity contribution in [2.45, 2.75) is 45.6 Å². The number of alkyl carbamates (subject to hydrolysis) is 1. The molecule has 9 nitrogen and oxygen atoms in total. The number of esters is 1.